The van der Waals surface area contributed by atoms with Crippen LogP contribution in [-0.4, -0.2) is 22.6 Å². The number of allylic oxidation sites excluding steroid dienone is 1. The second-order valence-corrected chi connectivity index (χ2v) is 7.09. The average molecular weight is 393 g/mol. The Balaban J connectivity index is 2.04. The van der Waals surface area contributed by atoms with E-state index in [0.717, 1.165) is 51.0 Å². The summed E-state index contributed by atoms with van der Waals surface area (Å²) in [4.78, 5) is 5.02. The van der Waals surface area contributed by atoms with Crippen LogP contribution in [0.5, 0.6) is 5.75 Å². The summed E-state index contributed by atoms with van der Waals surface area (Å²) >= 11 is 6.54. The largest absolute Gasteiger partial charge is 0.496 e. The van der Waals surface area contributed by atoms with Gasteiger partial charge >= 0.3 is 0 Å². The highest BCUT2D eigenvalue weighted by Gasteiger charge is 2.25. The van der Waals surface area contributed by atoms with Crippen molar-refractivity contribution in [3.05, 3.63) is 76.5 Å². The van der Waals surface area contributed by atoms with Crippen LogP contribution >= 0.6 is 11.6 Å². The Morgan fingerprint density at radius 1 is 1.21 bits per heavy atom. The van der Waals surface area contributed by atoms with Crippen LogP contribution in [0.4, 0.5) is 17.2 Å². The Labute approximate surface area is 169 Å². The Hall–Kier alpha value is -3.05. The fourth-order valence-electron chi connectivity index (χ4n) is 3.45. The Bertz CT molecular complexity index is 1110. The first-order valence-corrected chi connectivity index (χ1v) is 9.39. The first kappa shape index (κ1) is 18.3. The second kappa shape index (κ2) is 7.17. The number of halogens is 1. The number of nitrogens with zero attached hydrogens (tertiary/aromatic N) is 3. The van der Waals surface area contributed by atoms with Gasteiger partial charge in [0.05, 0.1) is 30.7 Å². The van der Waals surface area contributed by atoms with Gasteiger partial charge in [0.15, 0.2) is 5.82 Å². The number of methoxy groups -OCH3 is 1. The number of aryl methyl sites for hydroxylation is 2. The van der Waals surface area contributed by atoms with Gasteiger partial charge in [0.25, 0.3) is 0 Å². The van der Waals surface area contributed by atoms with E-state index in [1.807, 2.05) is 54.9 Å². The molecule has 2 heterocycles. The lowest BCUT2D eigenvalue weighted by Gasteiger charge is -2.16. The van der Waals surface area contributed by atoms with Crippen LogP contribution in [0, 0.1) is 13.8 Å². The van der Waals surface area contributed by atoms with E-state index < -0.39 is 0 Å². The lowest BCUT2D eigenvalue weighted by molar-refractivity contribution is 0.412. The molecule has 0 aliphatic carbocycles. The molecule has 6 heteroatoms. The van der Waals surface area contributed by atoms with Gasteiger partial charge in [0, 0.05) is 22.2 Å². The third kappa shape index (κ3) is 2.98. The molecule has 0 radical (unpaired) electrons. The number of benzene rings is 2. The minimum Gasteiger partial charge on any atom is -0.496 e. The highest BCUT2D eigenvalue weighted by Crippen LogP contribution is 2.40. The van der Waals surface area contributed by atoms with Crippen LogP contribution < -0.4 is 10.1 Å². The number of aliphatic imine (C=N–C) groups is 1. The van der Waals surface area contributed by atoms with Crippen molar-refractivity contribution in [1.29, 1.82) is 0 Å². The molecule has 4 rings (SSSR count). The molecular weight excluding hydrogens is 372 g/mol. The molecule has 0 bridgehead atoms. The molecule has 2 aromatic carbocycles. The first-order valence-electron chi connectivity index (χ1n) is 9.01. The van der Waals surface area contributed by atoms with Gasteiger partial charge < -0.3 is 10.1 Å². The lowest BCUT2D eigenvalue weighted by atomic mass is 9.98. The fraction of sp³-hybridized carbons (Fsp3) is 0.182. The summed E-state index contributed by atoms with van der Waals surface area (Å²) < 4.78 is 7.41. The Morgan fingerprint density at radius 2 is 2.00 bits per heavy atom. The van der Waals surface area contributed by atoms with E-state index in [4.69, 9.17) is 21.3 Å². The monoisotopic (exact) mass is 392 g/mol. The van der Waals surface area contributed by atoms with Crippen LogP contribution in [-0.2, 0) is 6.54 Å². The van der Waals surface area contributed by atoms with Gasteiger partial charge in [-0.05, 0) is 31.5 Å². The maximum absolute atomic E-state index is 6.54. The molecule has 3 aromatic rings. The van der Waals surface area contributed by atoms with Crippen molar-refractivity contribution >= 4 is 34.5 Å². The predicted octanol–water partition coefficient (Wildman–Crippen LogP) is 5.57. The van der Waals surface area contributed by atoms with E-state index in [1.165, 1.54) is 0 Å². The summed E-state index contributed by atoms with van der Waals surface area (Å²) in [5.74, 6) is 1.63. The quantitative estimate of drug-likeness (QED) is 0.461. The zero-order valence-electron chi connectivity index (χ0n) is 16.1. The Morgan fingerprint density at radius 3 is 2.71 bits per heavy atom. The molecule has 0 atom stereocenters. The number of hydrogen-bond donors (Lipinski definition) is 1. The van der Waals surface area contributed by atoms with Crippen molar-refractivity contribution in [3.8, 4) is 5.75 Å². The van der Waals surface area contributed by atoms with Gasteiger partial charge in [0.2, 0.25) is 0 Å². The zero-order chi connectivity index (χ0) is 19.8. The highest BCUT2D eigenvalue weighted by atomic mass is 35.5. The predicted molar refractivity (Wildman–Crippen MR) is 115 cm³/mol. The Kier molecular flexibility index (Phi) is 4.69. The molecule has 0 saturated heterocycles. The summed E-state index contributed by atoms with van der Waals surface area (Å²) in [7, 11) is 1.67. The van der Waals surface area contributed by atoms with E-state index in [2.05, 4.69) is 23.1 Å². The topological polar surface area (TPSA) is 51.4 Å². The summed E-state index contributed by atoms with van der Waals surface area (Å²) in [6, 6.07) is 11.8. The molecule has 142 valence electrons. The van der Waals surface area contributed by atoms with Gasteiger partial charge in [-0.3, -0.25) is 0 Å². The normalized spacial score (nSPS) is 12.4. The number of anilines is 2. The first-order chi connectivity index (χ1) is 13.5. The van der Waals surface area contributed by atoms with E-state index in [0.29, 0.717) is 11.6 Å². The molecule has 1 aliphatic heterocycles. The van der Waals surface area contributed by atoms with Gasteiger partial charge in [-0.2, -0.15) is 5.10 Å². The molecule has 0 spiro atoms. The van der Waals surface area contributed by atoms with Crippen LogP contribution in [0.2, 0.25) is 5.02 Å². The van der Waals surface area contributed by atoms with Crippen molar-refractivity contribution in [2.24, 2.45) is 4.99 Å². The van der Waals surface area contributed by atoms with E-state index in [-0.39, 0.29) is 0 Å². The minimum atomic E-state index is 0.582. The van der Waals surface area contributed by atoms with Gasteiger partial charge in [0.1, 0.15) is 11.4 Å². The van der Waals surface area contributed by atoms with Crippen molar-refractivity contribution < 1.29 is 4.74 Å². The molecule has 1 aliphatic rings. The van der Waals surface area contributed by atoms with Crippen LogP contribution in [0.15, 0.2) is 54.0 Å². The molecule has 5 nitrogen and oxygen atoms in total. The number of ether oxygens (including phenoxy) is 1. The standard InChI is InChI=1S/C22H21ClN4O/c1-5-10-27-22-20(14(3)26-27)25-21(15-8-6-7-9-17(15)23)16-11-13(2)19(28-4)12-18(16)24-22/h5-9,11-12,24H,1,10H2,2-4H3. The van der Waals surface area contributed by atoms with E-state index >= 15 is 0 Å². The molecular formula is C22H21ClN4O. The SMILES string of the molecule is C=CCn1nc(C)c2c1Nc1cc(OC)c(C)cc1C(c1ccccc1Cl)=N2. The van der Waals surface area contributed by atoms with Crippen LogP contribution in [0.25, 0.3) is 0 Å². The molecule has 28 heavy (non-hydrogen) atoms. The number of nitrogens with one attached hydrogen (secondary N) is 1. The number of aromatic nitrogens is 2. The molecule has 0 unspecified atom stereocenters. The second-order valence-electron chi connectivity index (χ2n) is 6.69. The molecule has 0 amide bonds. The van der Waals surface area contributed by atoms with Crippen LogP contribution in [0.1, 0.15) is 22.4 Å². The molecule has 0 saturated carbocycles. The lowest BCUT2D eigenvalue weighted by Crippen LogP contribution is -2.09. The van der Waals surface area contributed by atoms with Crippen molar-refractivity contribution in [3.63, 3.8) is 0 Å². The maximum Gasteiger partial charge on any atom is 0.155 e. The van der Waals surface area contributed by atoms with Crippen molar-refractivity contribution in [2.45, 2.75) is 20.4 Å². The van der Waals surface area contributed by atoms with Crippen molar-refractivity contribution in [2.75, 3.05) is 12.4 Å². The third-order valence-electron chi connectivity index (χ3n) is 4.79. The zero-order valence-corrected chi connectivity index (χ0v) is 16.8. The molecule has 1 aromatic heterocycles. The number of fused-ring (bicyclic) bond motifs is 2. The highest BCUT2D eigenvalue weighted by molar-refractivity contribution is 6.36. The summed E-state index contributed by atoms with van der Waals surface area (Å²) in [5.41, 5.74) is 6.20. The number of rotatable bonds is 4. The number of hydrogen-bond acceptors (Lipinski definition) is 4. The third-order valence-corrected chi connectivity index (χ3v) is 5.12. The van der Waals surface area contributed by atoms with Gasteiger partial charge in [-0.25, -0.2) is 9.67 Å². The van der Waals surface area contributed by atoms with Crippen molar-refractivity contribution in [1.82, 2.24) is 9.78 Å². The fourth-order valence-corrected chi connectivity index (χ4v) is 3.67. The molecule has 1 N–H and O–H groups in total. The van der Waals surface area contributed by atoms with Gasteiger partial charge in [-0.1, -0.05) is 35.9 Å². The van der Waals surface area contributed by atoms with Gasteiger partial charge in [-0.15, -0.1) is 6.58 Å². The summed E-state index contributed by atoms with van der Waals surface area (Å²) in [6.45, 7) is 8.39. The summed E-state index contributed by atoms with van der Waals surface area (Å²) in [5, 5.41) is 8.79. The van der Waals surface area contributed by atoms with E-state index in [1.54, 1.807) is 7.11 Å². The van der Waals surface area contributed by atoms with Crippen LogP contribution in [0.3, 0.4) is 0 Å². The average Bonchev–Trinajstić information content (AvgIpc) is 2.86. The summed E-state index contributed by atoms with van der Waals surface area (Å²) in [6.07, 6.45) is 1.81. The smallest absolute Gasteiger partial charge is 0.155 e. The maximum atomic E-state index is 6.54. The van der Waals surface area contributed by atoms with E-state index in [9.17, 15) is 0 Å². The minimum absolute atomic E-state index is 0.582. The molecule has 0 fully saturated rings.